The van der Waals surface area contributed by atoms with E-state index in [-0.39, 0.29) is 13.0 Å². The summed E-state index contributed by atoms with van der Waals surface area (Å²) in [6.45, 7) is 0.803. The van der Waals surface area contributed by atoms with Crippen molar-refractivity contribution in [2.24, 2.45) is 0 Å². The minimum absolute atomic E-state index is 0.0317. The number of benzene rings is 2. The summed E-state index contributed by atoms with van der Waals surface area (Å²) < 4.78 is 5.42. The fourth-order valence-corrected chi connectivity index (χ4v) is 3.01. The molecule has 0 bridgehead atoms. The summed E-state index contributed by atoms with van der Waals surface area (Å²) in [5, 5.41) is 9.05. The molecule has 0 unspecified atom stereocenters. The number of aliphatic carboxylic acids is 1. The Morgan fingerprint density at radius 3 is 2.62 bits per heavy atom. The molecule has 1 heterocycles. The van der Waals surface area contributed by atoms with E-state index in [2.05, 4.69) is 0 Å². The zero-order valence-electron chi connectivity index (χ0n) is 13.3. The van der Waals surface area contributed by atoms with Crippen molar-refractivity contribution < 1.29 is 19.4 Å². The van der Waals surface area contributed by atoms with Crippen LogP contribution < -0.4 is 4.90 Å². The molecule has 5 heteroatoms. The quantitative estimate of drug-likeness (QED) is 0.935. The van der Waals surface area contributed by atoms with E-state index in [1.165, 1.54) is 0 Å². The van der Waals surface area contributed by atoms with Crippen LogP contribution in [0.5, 0.6) is 0 Å². The Labute approximate surface area is 140 Å². The van der Waals surface area contributed by atoms with E-state index >= 15 is 0 Å². The molecule has 0 fully saturated rings. The standard InChI is InChI=1S/C19H19NO4/c21-18(22)12-15-8-4-10-17-16(15)9-5-11-20(17)19(23)24-13-14-6-2-1-3-7-14/h1-4,6-8,10H,5,9,11-13H2,(H,21,22). The van der Waals surface area contributed by atoms with Gasteiger partial charge in [0.1, 0.15) is 6.61 Å². The van der Waals surface area contributed by atoms with E-state index in [0.717, 1.165) is 35.2 Å². The first-order chi connectivity index (χ1) is 11.6. The van der Waals surface area contributed by atoms with Crippen LogP contribution in [0.15, 0.2) is 48.5 Å². The lowest BCUT2D eigenvalue weighted by molar-refractivity contribution is -0.136. The minimum Gasteiger partial charge on any atom is -0.481 e. The third kappa shape index (κ3) is 3.56. The normalized spacial score (nSPS) is 13.2. The van der Waals surface area contributed by atoms with E-state index in [9.17, 15) is 9.59 Å². The van der Waals surface area contributed by atoms with Gasteiger partial charge in [0, 0.05) is 6.54 Å². The van der Waals surface area contributed by atoms with Crippen molar-refractivity contribution in [2.45, 2.75) is 25.9 Å². The van der Waals surface area contributed by atoms with Crippen molar-refractivity contribution in [3.05, 3.63) is 65.2 Å². The van der Waals surface area contributed by atoms with Gasteiger partial charge in [-0.1, -0.05) is 42.5 Å². The maximum atomic E-state index is 12.5. The van der Waals surface area contributed by atoms with Gasteiger partial charge in [0.05, 0.1) is 12.1 Å². The Kier molecular flexibility index (Phi) is 4.79. The second kappa shape index (κ2) is 7.17. The fraction of sp³-hybridized carbons (Fsp3) is 0.263. The molecule has 0 spiro atoms. The predicted octanol–water partition coefficient (Wildman–Crippen LogP) is 3.40. The lowest BCUT2D eigenvalue weighted by Gasteiger charge is -2.30. The van der Waals surface area contributed by atoms with Crippen molar-refractivity contribution in [1.29, 1.82) is 0 Å². The molecule has 0 saturated carbocycles. The summed E-state index contributed by atoms with van der Waals surface area (Å²) in [5.41, 5.74) is 3.39. The summed E-state index contributed by atoms with van der Waals surface area (Å²) in [5.74, 6) is -0.868. The number of carbonyl (C=O) groups is 2. The lowest BCUT2D eigenvalue weighted by Crippen LogP contribution is -2.36. The van der Waals surface area contributed by atoms with Gasteiger partial charge in [-0.15, -0.1) is 0 Å². The highest BCUT2D eigenvalue weighted by molar-refractivity contribution is 5.90. The Hall–Kier alpha value is -2.82. The molecular formula is C19H19NO4. The van der Waals surface area contributed by atoms with Gasteiger partial charge in [-0.3, -0.25) is 9.69 Å². The molecule has 1 N–H and O–H groups in total. The zero-order valence-corrected chi connectivity index (χ0v) is 13.3. The van der Waals surface area contributed by atoms with Crippen LogP contribution in [0.2, 0.25) is 0 Å². The Morgan fingerprint density at radius 2 is 1.88 bits per heavy atom. The highest BCUT2D eigenvalue weighted by atomic mass is 16.6. The van der Waals surface area contributed by atoms with Crippen LogP contribution in [0, 0.1) is 0 Å². The fourth-order valence-electron chi connectivity index (χ4n) is 3.01. The molecule has 0 atom stereocenters. The number of amides is 1. The van der Waals surface area contributed by atoms with Crippen molar-refractivity contribution in [2.75, 3.05) is 11.4 Å². The number of nitrogens with zero attached hydrogens (tertiary/aromatic N) is 1. The first kappa shape index (κ1) is 16.1. The van der Waals surface area contributed by atoms with E-state index in [1.807, 2.05) is 42.5 Å². The zero-order chi connectivity index (χ0) is 16.9. The molecular weight excluding hydrogens is 306 g/mol. The number of rotatable bonds is 4. The number of carboxylic acids is 1. The van der Waals surface area contributed by atoms with Gasteiger partial charge in [0.15, 0.2) is 0 Å². The molecule has 0 aromatic heterocycles. The number of carbonyl (C=O) groups excluding carboxylic acids is 1. The van der Waals surface area contributed by atoms with Gasteiger partial charge >= 0.3 is 12.1 Å². The predicted molar refractivity (Wildman–Crippen MR) is 90.1 cm³/mol. The smallest absolute Gasteiger partial charge is 0.414 e. The molecule has 5 nitrogen and oxygen atoms in total. The summed E-state index contributed by atoms with van der Waals surface area (Å²) in [6, 6.07) is 15.0. The number of hydrogen-bond donors (Lipinski definition) is 1. The Morgan fingerprint density at radius 1 is 1.08 bits per heavy atom. The molecule has 3 rings (SSSR count). The average Bonchev–Trinajstić information content (AvgIpc) is 2.60. The average molecular weight is 325 g/mol. The van der Waals surface area contributed by atoms with Gasteiger partial charge < -0.3 is 9.84 Å². The van der Waals surface area contributed by atoms with Crippen LogP contribution in [0.1, 0.15) is 23.1 Å². The number of carboxylic acid groups (broad SMARTS) is 1. The van der Waals surface area contributed by atoms with Crippen LogP contribution >= 0.6 is 0 Å². The topological polar surface area (TPSA) is 66.8 Å². The lowest BCUT2D eigenvalue weighted by atomic mass is 9.95. The molecule has 2 aromatic carbocycles. The molecule has 2 aromatic rings. The maximum absolute atomic E-state index is 12.5. The minimum atomic E-state index is -0.868. The van der Waals surface area contributed by atoms with Crippen molar-refractivity contribution in [3.8, 4) is 0 Å². The van der Waals surface area contributed by atoms with Crippen LogP contribution in [0.4, 0.5) is 10.5 Å². The molecule has 1 aliphatic rings. The van der Waals surface area contributed by atoms with Crippen molar-refractivity contribution in [3.63, 3.8) is 0 Å². The van der Waals surface area contributed by atoms with E-state index < -0.39 is 12.1 Å². The molecule has 0 radical (unpaired) electrons. The number of ether oxygens (including phenoxy) is 1. The van der Waals surface area contributed by atoms with Crippen molar-refractivity contribution >= 4 is 17.7 Å². The van der Waals surface area contributed by atoms with E-state index in [4.69, 9.17) is 9.84 Å². The first-order valence-corrected chi connectivity index (χ1v) is 7.96. The summed E-state index contributed by atoms with van der Waals surface area (Å²) in [4.78, 5) is 25.1. The Balaban J connectivity index is 1.76. The largest absolute Gasteiger partial charge is 0.481 e. The van der Waals surface area contributed by atoms with Crippen LogP contribution in [0.25, 0.3) is 0 Å². The summed E-state index contributed by atoms with van der Waals surface area (Å²) in [7, 11) is 0. The van der Waals surface area contributed by atoms with Crippen LogP contribution in [-0.4, -0.2) is 23.7 Å². The third-order valence-electron chi connectivity index (χ3n) is 4.11. The maximum Gasteiger partial charge on any atom is 0.414 e. The van der Waals surface area contributed by atoms with Crippen LogP contribution in [0.3, 0.4) is 0 Å². The molecule has 1 amide bonds. The van der Waals surface area contributed by atoms with Crippen molar-refractivity contribution in [1.82, 2.24) is 0 Å². The summed E-state index contributed by atoms with van der Waals surface area (Å²) >= 11 is 0. The van der Waals surface area contributed by atoms with Gasteiger partial charge in [-0.25, -0.2) is 4.79 Å². The number of hydrogen-bond acceptors (Lipinski definition) is 3. The molecule has 124 valence electrons. The molecule has 0 aliphatic carbocycles. The number of anilines is 1. The number of fused-ring (bicyclic) bond motifs is 1. The highest BCUT2D eigenvalue weighted by Crippen LogP contribution is 2.30. The van der Waals surface area contributed by atoms with Gasteiger partial charge in [0.2, 0.25) is 0 Å². The SMILES string of the molecule is O=C(O)Cc1cccc2c1CCCN2C(=O)OCc1ccccc1. The Bertz CT molecular complexity index is 742. The van der Waals surface area contributed by atoms with Crippen LogP contribution in [-0.2, 0) is 29.0 Å². The van der Waals surface area contributed by atoms with E-state index in [1.54, 1.807) is 11.0 Å². The molecule has 24 heavy (non-hydrogen) atoms. The summed E-state index contributed by atoms with van der Waals surface area (Å²) in [6.07, 6.45) is 1.15. The molecule has 1 aliphatic heterocycles. The third-order valence-corrected chi connectivity index (χ3v) is 4.11. The second-order valence-corrected chi connectivity index (χ2v) is 5.78. The van der Waals surface area contributed by atoms with Gasteiger partial charge in [-0.2, -0.15) is 0 Å². The molecule has 0 saturated heterocycles. The monoisotopic (exact) mass is 325 g/mol. The van der Waals surface area contributed by atoms with Gasteiger partial charge in [0.25, 0.3) is 0 Å². The first-order valence-electron chi connectivity index (χ1n) is 7.96. The highest BCUT2D eigenvalue weighted by Gasteiger charge is 2.25. The van der Waals surface area contributed by atoms with E-state index in [0.29, 0.717) is 6.54 Å². The van der Waals surface area contributed by atoms with Gasteiger partial charge in [-0.05, 0) is 35.6 Å². The second-order valence-electron chi connectivity index (χ2n) is 5.78.